The number of hydrogen-bond acceptors (Lipinski definition) is 2. The first-order valence-corrected chi connectivity index (χ1v) is 10.5. The highest BCUT2D eigenvalue weighted by Gasteiger charge is 2.37. The van der Waals surface area contributed by atoms with E-state index in [-0.39, 0.29) is 11.4 Å². The van der Waals surface area contributed by atoms with Crippen molar-refractivity contribution in [3.63, 3.8) is 0 Å². The lowest BCUT2D eigenvalue weighted by Gasteiger charge is -2.44. The van der Waals surface area contributed by atoms with E-state index in [1.54, 1.807) is 0 Å². The molecule has 0 fully saturated rings. The maximum Gasteiger partial charge on any atom is 0.227 e. The molecule has 29 heavy (non-hydrogen) atoms. The maximum atomic E-state index is 13.3. The van der Waals surface area contributed by atoms with Gasteiger partial charge in [0.15, 0.2) is 0 Å². The molecule has 3 aromatic rings. The smallest absolute Gasteiger partial charge is 0.227 e. The first kappa shape index (κ1) is 19.4. The number of fused-ring (bicyclic) bond motifs is 1. The second-order valence-electron chi connectivity index (χ2n) is 8.40. The van der Waals surface area contributed by atoms with Gasteiger partial charge in [-0.25, -0.2) is 0 Å². The van der Waals surface area contributed by atoms with Crippen molar-refractivity contribution < 1.29 is 4.79 Å². The molecule has 0 atom stereocenters. The monoisotopic (exact) mass is 384 g/mol. The Kier molecular flexibility index (Phi) is 5.48. The van der Waals surface area contributed by atoms with Gasteiger partial charge in [-0.3, -0.25) is 9.78 Å². The molecule has 3 nitrogen and oxygen atoms in total. The summed E-state index contributed by atoms with van der Waals surface area (Å²) in [5, 5.41) is 0. The van der Waals surface area contributed by atoms with Crippen LogP contribution in [-0.4, -0.2) is 16.4 Å². The summed E-state index contributed by atoms with van der Waals surface area (Å²) in [5.74, 6) is 0.213. The van der Waals surface area contributed by atoms with Crippen molar-refractivity contribution in [2.24, 2.45) is 0 Å². The topological polar surface area (TPSA) is 33.2 Å². The molecule has 1 aliphatic rings. The molecule has 0 N–H and O–H groups in total. The quantitative estimate of drug-likeness (QED) is 0.554. The van der Waals surface area contributed by atoms with Crippen molar-refractivity contribution in [2.45, 2.75) is 51.5 Å². The third kappa shape index (κ3) is 4.09. The molecule has 4 rings (SSSR count). The number of carbonyl (C=O) groups excluding carboxylic acids is 1. The molecule has 2 heterocycles. The number of anilines is 1. The zero-order valence-corrected chi connectivity index (χ0v) is 17.3. The minimum atomic E-state index is -0.181. The largest absolute Gasteiger partial charge is 0.307 e. The van der Waals surface area contributed by atoms with E-state index in [1.807, 2.05) is 35.4 Å². The second kappa shape index (κ2) is 8.20. The molecule has 0 aliphatic carbocycles. The van der Waals surface area contributed by atoms with Crippen LogP contribution in [0.4, 0.5) is 5.69 Å². The number of aryl methyl sites for hydroxylation is 1. The molecule has 0 radical (unpaired) electrons. The van der Waals surface area contributed by atoms with E-state index in [4.69, 9.17) is 0 Å². The van der Waals surface area contributed by atoms with E-state index < -0.39 is 0 Å². The Morgan fingerprint density at radius 1 is 1.00 bits per heavy atom. The minimum absolute atomic E-state index is 0.181. The lowest BCUT2D eigenvalue weighted by atomic mass is 9.84. The molecule has 1 aromatic heterocycles. The number of aromatic nitrogens is 1. The van der Waals surface area contributed by atoms with E-state index in [0.29, 0.717) is 6.42 Å². The SMILES string of the molecule is CC1(C)CCc2c(-c3ccccn3)cccc2N1C(=O)CCCc1ccccc1. The molecule has 1 amide bonds. The minimum Gasteiger partial charge on any atom is -0.307 e. The summed E-state index contributed by atoms with van der Waals surface area (Å²) in [5.41, 5.74) is 5.51. The van der Waals surface area contributed by atoms with Crippen molar-refractivity contribution in [3.05, 3.63) is 84.1 Å². The van der Waals surface area contributed by atoms with Crippen molar-refractivity contribution in [3.8, 4) is 11.3 Å². The number of pyridine rings is 1. The first-order valence-electron chi connectivity index (χ1n) is 10.5. The van der Waals surface area contributed by atoms with Gasteiger partial charge in [0.2, 0.25) is 5.91 Å². The standard InChI is InChI=1S/C26H28N2O/c1-26(2)18-17-22-21(23-14-6-7-19-27-23)13-9-15-24(22)28(26)25(29)16-8-12-20-10-4-3-5-11-20/h3-7,9-11,13-15,19H,8,12,16-18H2,1-2H3. The molecule has 1 aliphatic heterocycles. The van der Waals surface area contributed by atoms with Gasteiger partial charge in [0.05, 0.1) is 5.69 Å². The lowest BCUT2D eigenvalue weighted by Crippen LogP contribution is -2.51. The summed E-state index contributed by atoms with van der Waals surface area (Å²) in [7, 11) is 0. The highest BCUT2D eigenvalue weighted by Crippen LogP contribution is 2.41. The molecule has 148 valence electrons. The van der Waals surface area contributed by atoms with Crippen LogP contribution in [0.15, 0.2) is 72.9 Å². The van der Waals surface area contributed by atoms with Gasteiger partial charge < -0.3 is 4.90 Å². The van der Waals surface area contributed by atoms with Gasteiger partial charge in [0.1, 0.15) is 0 Å². The second-order valence-corrected chi connectivity index (χ2v) is 8.40. The van der Waals surface area contributed by atoms with Crippen LogP contribution in [0.5, 0.6) is 0 Å². The Hall–Kier alpha value is -2.94. The molecular formula is C26H28N2O. The summed E-state index contributed by atoms with van der Waals surface area (Å²) >= 11 is 0. The number of rotatable bonds is 5. The van der Waals surface area contributed by atoms with E-state index in [0.717, 1.165) is 42.6 Å². The summed E-state index contributed by atoms with van der Waals surface area (Å²) < 4.78 is 0. The molecular weight excluding hydrogens is 356 g/mol. The Balaban J connectivity index is 1.59. The summed E-state index contributed by atoms with van der Waals surface area (Å²) in [6.07, 6.45) is 6.10. The Labute approximate surface area is 173 Å². The van der Waals surface area contributed by atoms with Crippen LogP contribution >= 0.6 is 0 Å². The van der Waals surface area contributed by atoms with E-state index in [1.165, 1.54) is 11.1 Å². The van der Waals surface area contributed by atoms with Crippen LogP contribution in [0.2, 0.25) is 0 Å². The van der Waals surface area contributed by atoms with Crippen molar-refractivity contribution >= 4 is 11.6 Å². The number of benzene rings is 2. The number of hydrogen-bond donors (Lipinski definition) is 0. The molecule has 0 saturated heterocycles. The molecule has 0 spiro atoms. The van der Waals surface area contributed by atoms with Crippen LogP contribution in [0.1, 0.15) is 44.2 Å². The number of amides is 1. The zero-order valence-electron chi connectivity index (χ0n) is 17.3. The summed E-state index contributed by atoms with van der Waals surface area (Å²) in [6, 6.07) is 22.7. The fraction of sp³-hybridized carbons (Fsp3) is 0.308. The van der Waals surface area contributed by atoms with Crippen LogP contribution in [0.25, 0.3) is 11.3 Å². The third-order valence-corrected chi connectivity index (χ3v) is 5.87. The Bertz CT molecular complexity index is 980. The highest BCUT2D eigenvalue weighted by atomic mass is 16.2. The zero-order chi connectivity index (χ0) is 20.3. The maximum absolute atomic E-state index is 13.3. The number of carbonyl (C=O) groups is 1. The van der Waals surface area contributed by atoms with E-state index in [9.17, 15) is 4.79 Å². The van der Waals surface area contributed by atoms with E-state index >= 15 is 0 Å². The van der Waals surface area contributed by atoms with Gasteiger partial charge in [0, 0.05) is 29.4 Å². The molecule has 2 aromatic carbocycles. The Morgan fingerprint density at radius 3 is 2.55 bits per heavy atom. The fourth-order valence-electron chi connectivity index (χ4n) is 4.35. The predicted molar refractivity (Wildman–Crippen MR) is 119 cm³/mol. The highest BCUT2D eigenvalue weighted by molar-refractivity contribution is 5.97. The average Bonchev–Trinajstić information content (AvgIpc) is 2.74. The van der Waals surface area contributed by atoms with E-state index in [2.05, 4.69) is 61.3 Å². The number of nitrogens with zero attached hydrogens (tertiary/aromatic N) is 2. The summed E-state index contributed by atoms with van der Waals surface area (Å²) in [6.45, 7) is 4.36. The van der Waals surface area contributed by atoms with Gasteiger partial charge in [-0.2, -0.15) is 0 Å². The van der Waals surface area contributed by atoms with Crippen molar-refractivity contribution in [2.75, 3.05) is 4.90 Å². The van der Waals surface area contributed by atoms with Gasteiger partial charge in [0.25, 0.3) is 0 Å². The molecule has 3 heteroatoms. The Morgan fingerprint density at radius 2 is 1.79 bits per heavy atom. The van der Waals surface area contributed by atoms with Crippen LogP contribution in [-0.2, 0) is 17.6 Å². The average molecular weight is 385 g/mol. The summed E-state index contributed by atoms with van der Waals surface area (Å²) in [4.78, 5) is 19.9. The van der Waals surface area contributed by atoms with Gasteiger partial charge in [-0.1, -0.05) is 48.5 Å². The van der Waals surface area contributed by atoms with Crippen LogP contribution < -0.4 is 4.90 Å². The third-order valence-electron chi connectivity index (χ3n) is 5.87. The molecule has 0 bridgehead atoms. The first-order chi connectivity index (χ1) is 14.1. The van der Waals surface area contributed by atoms with Crippen LogP contribution in [0.3, 0.4) is 0 Å². The fourth-order valence-corrected chi connectivity index (χ4v) is 4.35. The lowest BCUT2D eigenvalue weighted by molar-refractivity contribution is -0.119. The van der Waals surface area contributed by atoms with Gasteiger partial charge in [-0.05, 0) is 68.9 Å². The van der Waals surface area contributed by atoms with Crippen LogP contribution in [0, 0.1) is 0 Å². The molecule has 0 unspecified atom stereocenters. The van der Waals surface area contributed by atoms with Gasteiger partial charge >= 0.3 is 0 Å². The molecule has 0 saturated carbocycles. The van der Waals surface area contributed by atoms with Crippen molar-refractivity contribution in [1.29, 1.82) is 0 Å². The van der Waals surface area contributed by atoms with Gasteiger partial charge in [-0.15, -0.1) is 0 Å². The van der Waals surface area contributed by atoms with Crippen molar-refractivity contribution in [1.82, 2.24) is 4.98 Å². The normalized spacial score (nSPS) is 15.0. The predicted octanol–water partition coefficient (Wildman–Crippen LogP) is 5.83.